The Morgan fingerprint density at radius 1 is 0.923 bits per heavy atom. The molecule has 1 heterocycles. The molecule has 26 heavy (non-hydrogen) atoms. The van der Waals surface area contributed by atoms with Crippen LogP contribution in [0.2, 0.25) is 0 Å². The SMILES string of the molecule is CN1c2ccccc2N=C(c2ccc(C(=O)NO)cc2)c2ccccc21. The van der Waals surface area contributed by atoms with Gasteiger partial charge in [-0.2, -0.15) is 0 Å². The predicted molar refractivity (Wildman–Crippen MR) is 102 cm³/mol. The molecule has 5 heteroatoms. The Kier molecular flexibility index (Phi) is 3.99. The van der Waals surface area contributed by atoms with E-state index in [1.165, 1.54) is 0 Å². The standard InChI is InChI=1S/C21H17N3O2/c1-24-18-8-4-2-6-16(18)20(22-17-7-3-5-9-19(17)24)14-10-12-15(13-11-14)21(25)23-26/h2-13,26H,1H3,(H,23,25). The zero-order chi connectivity index (χ0) is 18.1. The lowest BCUT2D eigenvalue weighted by Crippen LogP contribution is -2.18. The second-order valence-electron chi connectivity index (χ2n) is 6.04. The lowest BCUT2D eigenvalue weighted by Gasteiger charge is -2.21. The molecule has 5 nitrogen and oxygen atoms in total. The summed E-state index contributed by atoms with van der Waals surface area (Å²) >= 11 is 0. The number of para-hydroxylation sites is 3. The van der Waals surface area contributed by atoms with Gasteiger partial charge in [-0.05, 0) is 30.3 Å². The van der Waals surface area contributed by atoms with Crippen molar-refractivity contribution in [3.05, 3.63) is 89.5 Å². The van der Waals surface area contributed by atoms with Gasteiger partial charge in [-0.15, -0.1) is 0 Å². The van der Waals surface area contributed by atoms with E-state index in [1.54, 1.807) is 17.6 Å². The van der Waals surface area contributed by atoms with Crippen molar-refractivity contribution in [3.8, 4) is 0 Å². The van der Waals surface area contributed by atoms with Crippen molar-refractivity contribution in [2.24, 2.45) is 4.99 Å². The molecular formula is C21H17N3O2. The number of nitrogens with one attached hydrogen (secondary N) is 1. The fourth-order valence-corrected chi connectivity index (χ4v) is 3.18. The lowest BCUT2D eigenvalue weighted by atomic mass is 9.99. The topological polar surface area (TPSA) is 64.9 Å². The van der Waals surface area contributed by atoms with E-state index in [-0.39, 0.29) is 0 Å². The fourth-order valence-electron chi connectivity index (χ4n) is 3.18. The molecule has 128 valence electrons. The second-order valence-corrected chi connectivity index (χ2v) is 6.04. The van der Waals surface area contributed by atoms with Crippen molar-refractivity contribution in [2.45, 2.75) is 0 Å². The minimum atomic E-state index is -0.537. The van der Waals surface area contributed by atoms with Crippen molar-refractivity contribution < 1.29 is 10.0 Å². The highest BCUT2D eigenvalue weighted by Gasteiger charge is 2.21. The highest BCUT2D eigenvalue weighted by Crippen LogP contribution is 2.39. The van der Waals surface area contributed by atoms with Crippen molar-refractivity contribution in [1.29, 1.82) is 0 Å². The molecule has 0 radical (unpaired) electrons. The summed E-state index contributed by atoms with van der Waals surface area (Å²) in [6, 6.07) is 23.2. The molecule has 3 aromatic rings. The van der Waals surface area contributed by atoms with Gasteiger partial charge in [0.1, 0.15) is 0 Å². The van der Waals surface area contributed by atoms with E-state index in [4.69, 9.17) is 10.2 Å². The van der Waals surface area contributed by atoms with Crippen LogP contribution in [0, 0.1) is 0 Å². The van der Waals surface area contributed by atoms with Crippen LogP contribution in [-0.4, -0.2) is 23.9 Å². The van der Waals surface area contributed by atoms with Gasteiger partial charge < -0.3 is 4.90 Å². The Bertz CT molecular complexity index is 1010. The Morgan fingerprint density at radius 3 is 2.31 bits per heavy atom. The number of benzene rings is 3. The number of anilines is 2. The number of fused-ring (bicyclic) bond motifs is 2. The van der Waals surface area contributed by atoms with Crippen LogP contribution in [0.1, 0.15) is 21.5 Å². The first kappa shape index (κ1) is 16.1. The highest BCUT2D eigenvalue weighted by atomic mass is 16.5. The molecule has 0 spiro atoms. The van der Waals surface area contributed by atoms with Gasteiger partial charge in [0.15, 0.2) is 0 Å². The molecule has 0 aliphatic carbocycles. The summed E-state index contributed by atoms with van der Waals surface area (Å²) in [5.74, 6) is -0.537. The number of hydrogen-bond acceptors (Lipinski definition) is 4. The molecular weight excluding hydrogens is 326 g/mol. The first-order chi connectivity index (χ1) is 12.7. The smallest absolute Gasteiger partial charge is 0.274 e. The van der Waals surface area contributed by atoms with Crippen molar-refractivity contribution in [2.75, 3.05) is 11.9 Å². The first-order valence-electron chi connectivity index (χ1n) is 8.25. The van der Waals surface area contributed by atoms with E-state index in [0.717, 1.165) is 33.9 Å². The molecule has 1 amide bonds. The van der Waals surface area contributed by atoms with Gasteiger partial charge in [0.25, 0.3) is 5.91 Å². The van der Waals surface area contributed by atoms with Crippen molar-refractivity contribution in [3.63, 3.8) is 0 Å². The number of hydroxylamine groups is 1. The van der Waals surface area contributed by atoms with Crippen molar-refractivity contribution in [1.82, 2.24) is 5.48 Å². The second kappa shape index (κ2) is 6.46. The average molecular weight is 343 g/mol. The number of hydrogen-bond donors (Lipinski definition) is 2. The Balaban J connectivity index is 1.90. The summed E-state index contributed by atoms with van der Waals surface area (Å²) in [4.78, 5) is 18.6. The summed E-state index contributed by atoms with van der Waals surface area (Å²) in [5.41, 5.74) is 7.78. The largest absolute Gasteiger partial charge is 0.342 e. The summed E-state index contributed by atoms with van der Waals surface area (Å²) in [5, 5.41) is 8.78. The molecule has 0 saturated heterocycles. The molecule has 0 aromatic heterocycles. The summed E-state index contributed by atoms with van der Waals surface area (Å²) in [7, 11) is 2.03. The molecule has 0 saturated carbocycles. The van der Waals surface area contributed by atoms with Gasteiger partial charge in [-0.1, -0.05) is 42.5 Å². The van der Waals surface area contributed by atoms with Crippen LogP contribution in [0.15, 0.2) is 77.8 Å². The Morgan fingerprint density at radius 2 is 1.58 bits per heavy atom. The average Bonchev–Trinajstić information content (AvgIpc) is 2.83. The fraction of sp³-hybridized carbons (Fsp3) is 0.0476. The molecule has 4 rings (SSSR count). The number of carbonyl (C=O) groups excluding carboxylic acids is 1. The van der Waals surface area contributed by atoms with Gasteiger partial charge >= 0.3 is 0 Å². The molecule has 3 aromatic carbocycles. The normalized spacial score (nSPS) is 12.5. The summed E-state index contributed by atoms with van der Waals surface area (Å²) in [6.45, 7) is 0. The molecule has 0 bridgehead atoms. The van der Waals surface area contributed by atoms with Crippen molar-refractivity contribution >= 4 is 28.7 Å². The molecule has 1 aliphatic rings. The maximum absolute atomic E-state index is 11.6. The van der Waals surface area contributed by atoms with E-state index in [9.17, 15) is 4.79 Å². The van der Waals surface area contributed by atoms with Crippen LogP contribution in [0.4, 0.5) is 17.1 Å². The number of rotatable bonds is 2. The quantitative estimate of drug-likeness (QED) is 0.545. The Labute approximate surface area is 151 Å². The minimum absolute atomic E-state index is 0.385. The maximum Gasteiger partial charge on any atom is 0.274 e. The zero-order valence-corrected chi connectivity index (χ0v) is 14.2. The third-order valence-corrected chi connectivity index (χ3v) is 4.52. The van der Waals surface area contributed by atoms with Crippen LogP contribution < -0.4 is 10.4 Å². The lowest BCUT2D eigenvalue weighted by molar-refractivity contribution is 0.0706. The van der Waals surface area contributed by atoms with Gasteiger partial charge in [0.05, 0.1) is 22.8 Å². The van der Waals surface area contributed by atoms with Crippen LogP contribution in [-0.2, 0) is 0 Å². The van der Waals surface area contributed by atoms with Gasteiger partial charge in [-0.25, -0.2) is 10.5 Å². The number of amides is 1. The number of carbonyl (C=O) groups is 1. The van der Waals surface area contributed by atoms with E-state index in [0.29, 0.717) is 5.56 Å². The predicted octanol–water partition coefficient (Wildman–Crippen LogP) is 4.06. The zero-order valence-electron chi connectivity index (χ0n) is 14.2. The van der Waals surface area contributed by atoms with E-state index in [2.05, 4.69) is 11.0 Å². The molecule has 0 unspecified atom stereocenters. The van der Waals surface area contributed by atoms with Crippen LogP contribution in [0.3, 0.4) is 0 Å². The highest BCUT2D eigenvalue weighted by molar-refractivity contribution is 6.18. The van der Waals surface area contributed by atoms with Gasteiger partial charge in [0, 0.05) is 23.7 Å². The summed E-state index contributed by atoms with van der Waals surface area (Å²) < 4.78 is 0. The van der Waals surface area contributed by atoms with E-state index >= 15 is 0 Å². The van der Waals surface area contributed by atoms with Gasteiger partial charge in [-0.3, -0.25) is 10.0 Å². The maximum atomic E-state index is 11.6. The third-order valence-electron chi connectivity index (χ3n) is 4.52. The third kappa shape index (κ3) is 2.64. The molecule has 0 fully saturated rings. The molecule has 1 aliphatic heterocycles. The van der Waals surface area contributed by atoms with Crippen LogP contribution >= 0.6 is 0 Å². The number of nitrogens with zero attached hydrogens (tertiary/aromatic N) is 2. The van der Waals surface area contributed by atoms with Gasteiger partial charge in [0.2, 0.25) is 0 Å². The first-order valence-corrected chi connectivity index (χ1v) is 8.25. The van der Waals surface area contributed by atoms with Crippen LogP contribution in [0.5, 0.6) is 0 Å². The minimum Gasteiger partial charge on any atom is -0.342 e. The summed E-state index contributed by atoms with van der Waals surface area (Å²) in [6.07, 6.45) is 0. The number of aliphatic imine (C=N–C) groups is 1. The molecule has 2 N–H and O–H groups in total. The Hall–Kier alpha value is -3.44. The van der Waals surface area contributed by atoms with E-state index < -0.39 is 5.91 Å². The van der Waals surface area contributed by atoms with Crippen LogP contribution in [0.25, 0.3) is 0 Å². The monoisotopic (exact) mass is 343 g/mol. The molecule has 0 atom stereocenters. The van der Waals surface area contributed by atoms with E-state index in [1.807, 2.05) is 61.6 Å².